The summed E-state index contributed by atoms with van der Waals surface area (Å²) in [5.74, 6) is -0.246. The van der Waals surface area contributed by atoms with Crippen LogP contribution in [0.2, 0.25) is 5.15 Å². The number of aromatic nitrogens is 1. The maximum absolute atomic E-state index is 12.3. The summed E-state index contributed by atoms with van der Waals surface area (Å²) in [5, 5.41) is 8.94. The van der Waals surface area contributed by atoms with Crippen LogP contribution in [0.4, 0.5) is 10.5 Å². The highest BCUT2D eigenvalue weighted by atomic mass is 35.5. The van der Waals surface area contributed by atoms with Crippen molar-refractivity contribution in [3.8, 4) is 0 Å². The number of nitrogens with zero attached hydrogens (tertiary/aromatic N) is 1. The molecule has 0 spiro atoms. The fraction of sp³-hybridized carbons (Fsp3) is 0.588. The van der Waals surface area contributed by atoms with E-state index in [1.54, 1.807) is 26.8 Å². The van der Waals surface area contributed by atoms with E-state index in [4.69, 9.17) is 16.3 Å². The van der Waals surface area contributed by atoms with Gasteiger partial charge in [-0.2, -0.15) is 0 Å². The van der Waals surface area contributed by atoms with E-state index in [2.05, 4.69) is 20.9 Å². The zero-order chi connectivity index (χ0) is 19.0. The number of nitrogens with one attached hydrogen (secondary N) is 3. The SMILES string of the molecule is CC(C)Nc1cc(Cl)ncc1C(=O)NCCCNC(=O)OC(C)(C)C. The van der Waals surface area contributed by atoms with Gasteiger partial charge < -0.3 is 20.7 Å². The minimum atomic E-state index is -0.528. The number of rotatable bonds is 7. The molecule has 3 N–H and O–H groups in total. The van der Waals surface area contributed by atoms with Crippen molar-refractivity contribution < 1.29 is 14.3 Å². The lowest BCUT2D eigenvalue weighted by molar-refractivity contribution is 0.0527. The third-order valence-electron chi connectivity index (χ3n) is 2.87. The molecule has 25 heavy (non-hydrogen) atoms. The van der Waals surface area contributed by atoms with Crippen LogP contribution >= 0.6 is 11.6 Å². The third kappa shape index (κ3) is 8.58. The summed E-state index contributed by atoms with van der Waals surface area (Å²) in [7, 11) is 0. The van der Waals surface area contributed by atoms with Crippen molar-refractivity contribution in [3.63, 3.8) is 0 Å². The standard InChI is InChI=1S/C17H27ClN4O3/c1-11(2)22-13-9-14(18)21-10-12(13)15(23)19-7-6-8-20-16(24)25-17(3,4)5/h9-11H,6-8H2,1-5H3,(H,19,23)(H,20,24)(H,21,22). The van der Waals surface area contributed by atoms with Crippen LogP contribution in [0.3, 0.4) is 0 Å². The number of carbonyl (C=O) groups excluding carboxylic acids is 2. The van der Waals surface area contributed by atoms with Gasteiger partial charge in [-0.05, 0) is 47.1 Å². The molecule has 0 fully saturated rings. The molecule has 7 nitrogen and oxygen atoms in total. The second-order valence-electron chi connectivity index (χ2n) is 6.89. The number of halogens is 1. The molecule has 2 amide bonds. The molecule has 0 saturated carbocycles. The Balaban J connectivity index is 2.44. The molecule has 0 bridgehead atoms. The molecule has 0 aromatic carbocycles. The van der Waals surface area contributed by atoms with E-state index in [9.17, 15) is 9.59 Å². The van der Waals surface area contributed by atoms with Crippen molar-refractivity contribution in [3.05, 3.63) is 23.0 Å². The first-order chi connectivity index (χ1) is 11.6. The number of amides is 2. The van der Waals surface area contributed by atoms with E-state index >= 15 is 0 Å². The second kappa shape index (κ2) is 9.46. The van der Waals surface area contributed by atoms with Gasteiger partial charge in [0, 0.05) is 25.3 Å². The smallest absolute Gasteiger partial charge is 0.407 e. The Hall–Kier alpha value is -2.02. The number of alkyl carbamates (subject to hydrolysis) is 1. The van der Waals surface area contributed by atoms with Crippen molar-refractivity contribution >= 4 is 29.3 Å². The van der Waals surface area contributed by atoms with Crippen molar-refractivity contribution in [1.29, 1.82) is 0 Å². The summed E-state index contributed by atoms with van der Waals surface area (Å²) >= 11 is 5.89. The van der Waals surface area contributed by atoms with Crippen LogP contribution in [0.15, 0.2) is 12.3 Å². The van der Waals surface area contributed by atoms with Crippen molar-refractivity contribution in [2.45, 2.75) is 52.7 Å². The Morgan fingerprint density at radius 3 is 2.48 bits per heavy atom. The number of hydrogen-bond donors (Lipinski definition) is 3. The molecule has 140 valence electrons. The van der Waals surface area contributed by atoms with Crippen LogP contribution in [0, 0.1) is 0 Å². The van der Waals surface area contributed by atoms with Crippen LogP contribution in [0.1, 0.15) is 51.4 Å². The topological polar surface area (TPSA) is 92.4 Å². The zero-order valence-corrected chi connectivity index (χ0v) is 16.2. The quantitative estimate of drug-likeness (QED) is 0.506. The summed E-state index contributed by atoms with van der Waals surface area (Å²) in [5.41, 5.74) is 0.539. The number of pyridine rings is 1. The first-order valence-corrected chi connectivity index (χ1v) is 8.63. The Morgan fingerprint density at radius 1 is 1.24 bits per heavy atom. The van der Waals surface area contributed by atoms with Gasteiger partial charge in [-0.15, -0.1) is 0 Å². The predicted molar refractivity (Wildman–Crippen MR) is 99.2 cm³/mol. The van der Waals surface area contributed by atoms with Crippen molar-refractivity contribution in [1.82, 2.24) is 15.6 Å². The first kappa shape index (κ1) is 21.0. The van der Waals surface area contributed by atoms with E-state index in [0.717, 1.165) is 0 Å². The fourth-order valence-corrected chi connectivity index (χ4v) is 2.09. The van der Waals surface area contributed by atoms with Gasteiger partial charge in [0.25, 0.3) is 5.91 Å². The third-order valence-corrected chi connectivity index (χ3v) is 3.07. The van der Waals surface area contributed by atoms with Crippen LogP contribution in [-0.4, -0.2) is 41.7 Å². The van der Waals surface area contributed by atoms with Gasteiger partial charge in [-0.1, -0.05) is 11.6 Å². The van der Waals surface area contributed by atoms with Crippen LogP contribution in [0.25, 0.3) is 0 Å². The monoisotopic (exact) mass is 370 g/mol. The van der Waals surface area contributed by atoms with Gasteiger partial charge >= 0.3 is 6.09 Å². The maximum atomic E-state index is 12.3. The summed E-state index contributed by atoms with van der Waals surface area (Å²) < 4.78 is 5.13. The minimum absolute atomic E-state index is 0.156. The van der Waals surface area contributed by atoms with E-state index < -0.39 is 11.7 Å². The summed E-state index contributed by atoms with van der Waals surface area (Å²) in [6.45, 7) is 10.2. The lowest BCUT2D eigenvalue weighted by atomic mass is 10.2. The van der Waals surface area contributed by atoms with E-state index in [1.807, 2.05) is 13.8 Å². The molecule has 0 atom stereocenters. The molecule has 1 rings (SSSR count). The van der Waals surface area contributed by atoms with Gasteiger partial charge in [0.2, 0.25) is 0 Å². The lowest BCUT2D eigenvalue weighted by Crippen LogP contribution is -2.34. The predicted octanol–water partition coefficient (Wildman–Crippen LogP) is 3.20. The number of hydrogen-bond acceptors (Lipinski definition) is 5. The molecule has 0 aliphatic carbocycles. The average molecular weight is 371 g/mol. The first-order valence-electron chi connectivity index (χ1n) is 8.25. The molecular weight excluding hydrogens is 344 g/mol. The normalized spacial score (nSPS) is 11.2. The van der Waals surface area contributed by atoms with Crippen LogP contribution in [0.5, 0.6) is 0 Å². The van der Waals surface area contributed by atoms with Crippen LogP contribution < -0.4 is 16.0 Å². The Labute approximate surface area is 153 Å². The molecular formula is C17H27ClN4O3. The molecule has 0 aliphatic heterocycles. The summed E-state index contributed by atoms with van der Waals surface area (Å²) in [4.78, 5) is 27.8. The van der Waals surface area contributed by atoms with Gasteiger partial charge in [-0.3, -0.25) is 4.79 Å². The fourth-order valence-electron chi connectivity index (χ4n) is 1.93. The molecule has 1 aromatic heterocycles. The van der Waals surface area contributed by atoms with Crippen molar-refractivity contribution in [2.24, 2.45) is 0 Å². The Bertz CT molecular complexity index is 600. The van der Waals surface area contributed by atoms with Gasteiger partial charge in [0.05, 0.1) is 11.3 Å². The van der Waals surface area contributed by atoms with Gasteiger partial charge in [0.15, 0.2) is 0 Å². The molecule has 1 aromatic rings. The number of anilines is 1. The van der Waals surface area contributed by atoms with Gasteiger partial charge in [0.1, 0.15) is 10.8 Å². The van der Waals surface area contributed by atoms with Crippen molar-refractivity contribution in [2.75, 3.05) is 18.4 Å². The Kier molecular flexibility index (Phi) is 7.96. The van der Waals surface area contributed by atoms with E-state index in [1.165, 1.54) is 6.20 Å². The number of carbonyl (C=O) groups is 2. The molecule has 0 radical (unpaired) electrons. The Morgan fingerprint density at radius 2 is 1.88 bits per heavy atom. The maximum Gasteiger partial charge on any atom is 0.407 e. The minimum Gasteiger partial charge on any atom is -0.444 e. The average Bonchev–Trinajstić information content (AvgIpc) is 2.44. The summed E-state index contributed by atoms with van der Waals surface area (Å²) in [6, 6.07) is 1.78. The highest BCUT2D eigenvalue weighted by Gasteiger charge is 2.16. The van der Waals surface area contributed by atoms with Crippen LogP contribution in [-0.2, 0) is 4.74 Å². The molecule has 8 heteroatoms. The molecule has 0 unspecified atom stereocenters. The van der Waals surface area contributed by atoms with E-state index in [-0.39, 0.29) is 11.9 Å². The summed E-state index contributed by atoms with van der Waals surface area (Å²) in [6.07, 6.45) is 1.56. The molecule has 0 saturated heterocycles. The van der Waals surface area contributed by atoms with Gasteiger partial charge in [-0.25, -0.2) is 9.78 Å². The highest BCUT2D eigenvalue weighted by molar-refractivity contribution is 6.29. The second-order valence-corrected chi connectivity index (χ2v) is 7.28. The molecule has 1 heterocycles. The van der Waals surface area contributed by atoms with E-state index in [0.29, 0.717) is 35.9 Å². The molecule has 0 aliphatic rings. The largest absolute Gasteiger partial charge is 0.444 e. The zero-order valence-electron chi connectivity index (χ0n) is 15.4. The lowest BCUT2D eigenvalue weighted by Gasteiger charge is -2.19. The number of ether oxygens (including phenoxy) is 1. The highest BCUT2D eigenvalue weighted by Crippen LogP contribution is 2.19.